The highest BCUT2D eigenvalue weighted by molar-refractivity contribution is 5.92. The Labute approximate surface area is 266 Å². The standard InChI is InChI=1S/C29H37N9O2.11H2/c1-5-26(39)34-29-31-22-8-6-7-9-24(22)37(29)28-32-23(16-25(33-28)36-14-15-40-17-18(36)2)27-19(3)35-38(20(27)4)21-10-12-30-13-11-21;;;;;;;;;;;/h6-9,16,18,21,30H,5,10-15,17H2,1-4H3,(H,31,34,39);11*1H/t18-;;;;;;;;;;;/m1.........../s1/i;10*1+1D;1+1. The summed E-state index contributed by atoms with van der Waals surface area (Å²) >= 11 is 0. The molecule has 0 unspecified atom stereocenters. The minimum Gasteiger partial charge on any atom is -0.377 e. The van der Waals surface area contributed by atoms with Gasteiger partial charge in [-0.25, -0.2) is 14.5 Å². The summed E-state index contributed by atoms with van der Waals surface area (Å²) in [4.78, 5) is 29.7. The molecule has 0 spiro atoms. The van der Waals surface area contributed by atoms with Gasteiger partial charge in [0.2, 0.25) is 17.8 Å². The third kappa shape index (κ3) is 4.84. The van der Waals surface area contributed by atoms with Crippen molar-refractivity contribution < 1.29 is 40.7 Å². The van der Waals surface area contributed by atoms with Crippen molar-refractivity contribution in [3.05, 3.63) is 41.7 Å². The molecule has 5 heterocycles. The van der Waals surface area contributed by atoms with Crippen molar-refractivity contribution >= 4 is 28.7 Å². The summed E-state index contributed by atoms with van der Waals surface area (Å²) in [6.45, 7) is 12.1. The third-order valence-electron chi connectivity index (χ3n) is 7.93. The number of nitrogens with zero attached hydrogens (tertiary/aromatic N) is 7. The Morgan fingerprint density at radius 2 is 2.00 bits per heavy atom. The van der Waals surface area contributed by atoms with Crippen molar-refractivity contribution in [1.82, 2.24) is 34.6 Å². The Morgan fingerprint density at radius 3 is 2.77 bits per heavy atom. The lowest BCUT2D eigenvalue weighted by Crippen LogP contribution is -2.44. The van der Waals surface area contributed by atoms with Gasteiger partial charge in [-0.1, -0.05) is 19.1 Å². The molecule has 232 valence electrons. The fraction of sp³-hybridized carbons (Fsp3) is 0.483. The molecule has 2 aliphatic heterocycles. The molecule has 2 N–H and O–H groups in total. The molecule has 4 aromatic rings. The van der Waals surface area contributed by atoms with Crippen molar-refractivity contribution in [3.8, 4) is 17.2 Å². The van der Waals surface area contributed by atoms with Gasteiger partial charge in [-0.3, -0.25) is 14.8 Å². The van der Waals surface area contributed by atoms with Crippen LogP contribution in [-0.4, -0.2) is 74.1 Å². The van der Waals surface area contributed by atoms with E-state index in [0.717, 1.165) is 72.0 Å². The number of carbonyl (C=O) groups is 1. The topological polar surface area (TPSA) is 115 Å². The van der Waals surface area contributed by atoms with Crippen molar-refractivity contribution in [1.29, 1.82) is 0 Å². The highest BCUT2D eigenvalue weighted by Crippen LogP contribution is 2.34. The first-order chi connectivity index (χ1) is 29.4. The van der Waals surface area contributed by atoms with Gasteiger partial charge in [0.15, 0.2) is 0 Å². The van der Waals surface area contributed by atoms with E-state index in [1.165, 1.54) is 0 Å². The Balaban J connectivity index is -0.000000318. The molecule has 6 rings (SSSR count). The van der Waals surface area contributed by atoms with Gasteiger partial charge >= 0.3 is 0 Å². The lowest BCUT2D eigenvalue weighted by Gasteiger charge is -2.34. The van der Waals surface area contributed by atoms with E-state index in [4.69, 9.17) is 54.5 Å². The SMILES string of the molecule is CCC(=O)Nc1nc2ccccc2n1-c1nc(-c2c(C)nn(C3CCNCC3)c2C)cc(N2CCOC[C@H]2C)n1.[2HH].[2H][2H].[2H][2H].[2H][2H].[2H][2H].[2H][2H].[2H][2H].[2H][2H].[2H][2H].[2H][2H].[2H][2H]. The van der Waals surface area contributed by atoms with Crippen molar-refractivity contribution in [2.75, 3.05) is 43.1 Å². The number of carbonyl (C=O) groups excluding carboxylic acids is 1. The largest absolute Gasteiger partial charge is 0.377 e. The molecular formula is C29H59N9O2. The number of aromatic nitrogens is 6. The maximum absolute atomic E-state index is 12.5. The molecule has 11 heteroatoms. The fourth-order valence-corrected chi connectivity index (χ4v) is 5.83. The van der Waals surface area contributed by atoms with E-state index in [9.17, 15) is 4.79 Å². The van der Waals surface area contributed by atoms with Crippen LogP contribution in [0.5, 0.6) is 0 Å². The Hall–Kier alpha value is -3.83. The average Bonchev–Trinajstić information content (AvgIpc) is 3.88. The molecule has 0 radical (unpaired) electrons. The summed E-state index contributed by atoms with van der Waals surface area (Å²) in [5, 5.41) is 11.4. The average molecular weight is 587 g/mol. The van der Waals surface area contributed by atoms with Crippen LogP contribution in [-0.2, 0) is 9.53 Å². The summed E-state index contributed by atoms with van der Waals surface area (Å²) in [5.74, 6) is 1.56. The number of benzene rings is 1. The smallest absolute Gasteiger partial charge is 0.239 e. The first-order valence-electron chi connectivity index (χ1n) is 24.2. The van der Waals surface area contributed by atoms with Gasteiger partial charge in [-0.15, -0.1) is 0 Å². The number of piperidine rings is 1. The number of ether oxygens (including phenoxy) is 1. The fourth-order valence-electron chi connectivity index (χ4n) is 5.83. The zero-order chi connectivity index (χ0) is 47.8. The molecule has 0 aliphatic carbocycles. The van der Waals surface area contributed by atoms with Crippen LogP contribution in [0.2, 0.25) is 0 Å². The lowest BCUT2D eigenvalue weighted by atomic mass is 10.1. The van der Waals surface area contributed by atoms with Crippen LogP contribution in [0.15, 0.2) is 30.3 Å². The molecule has 1 aromatic carbocycles. The number of amides is 1. The van der Waals surface area contributed by atoms with E-state index < -0.39 is 0 Å². The molecule has 1 atom stereocenters. The van der Waals surface area contributed by atoms with Crippen molar-refractivity contribution in [2.45, 2.75) is 59.0 Å². The molecule has 11 nitrogen and oxygen atoms in total. The highest BCUT2D eigenvalue weighted by atomic mass is 16.5. The van der Waals surface area contributed by atoms with E-state index in [0.29, 0.717) is 37.6 Å². The number of rotatable bonds is 6. The summed E-state index contributed by atoms with van der Waals surface area (Å²) in [7, 11) is 0. The first kappa shape index (κ1) is 17.1. The van der Waals surface area contributed by atoms with Crippen LogP contribution < -0.4 is 15.5 Å². The Bertz CT molecular complexity index is 1590. The van der Waals surface area contributed by atoms with E-state index in [2.05, 4.69) is 47.1 Å². The molecule has 2 fully saturated rings. The maximum Gasteiger partial charge on any atom is 0.239 e. The molecule has 1 amide bonds. The number of nitrogens with one attached hydrogen (secondary N) is 2. The van der Waals surface area contributed by atoms with Gasteiger partial charge in [0.1, 0.15) is 5.82 Å². The summed E-state index contributed by atoms with van der Waals surface area (Å²) in [6, 6.07) is 10.4. The highest BCUT2D eigenvalue weighted by Gasteiger charge is 2.27. The Morgan fingerprint density at radius 1 is 1.20 bits per heavy atom. The number of fused-ring (bicyclic) bond motifs is 1. The Kier molecular flexibility index (Phi) is 4.69. The zero-order valence-electron chi connectivity index (χ0n) is 43.6. The molecule has 0 saturated carbocycles. The number of hydrogen-bond acceptors (Lipinski definition) is 8. The molecular weight excluding hydrogens is 506 g/mol. The van der Waals surface area contributed by atoms with E-state index >= 15 is 0 Å². The van der Waals surface area contributed by atoms with Gasteiger partial charge in [0.05, 0.1) is 47.7 Å². The van der Waals surface area contributed by atoms with Crippen LogP contribution in [0, 0.1) is 13.8 Å². The van der Waals surface area contributed by atoms with Crippen LogP contribution in [0.25, 0.3) is 28.2 Å². The number of aryl methyl sites for hydroxylation is 1. The van der Waals surface area contributed by atoms with Crippen LogP contribution in [0.4, 0.5) is 11.8 Å². The quantitative estimate of drug-likeness (QED) is 0.263. The summed E-state index contributed by atoms with van der Waals surface area (Å²) in [6.07, 6.45) is 2.44. The van der Waals surface area contributed by atoms with Gasteiger partial charge < -0.3 is 15.0 Å². The minimum absolute atomic E-state index is 0. The first-order valence-corrected chi connectivity index (χ1v) is 14.2. The van der Waals surface area contributed by atoms with Gasteiger partial charge in [-0.2, -0.15) is 10.1 Å². The number of anilines is 2. The third-order valence-corrected chi connectivity index (χ3v) is 7.93. The second-order valence-corrected chi connectivity index (χ2v) is 10.7. The molecule has 2 saturated heterocycles. The van der Waals surface area contributed by atoms with Crippen molar-refractivity contribution in [2.24, 2.45) is 0 Å². The lowest BCUT2D eigenvalue weighted by molar-refractivity contribution is -0.115. The number of imidazole rings is 1. The predicted octanol–water partition coefficient (Wildman–Crippen LogP) is 6.50. The van der Waals surface area contributed by atoms with Gasteiger partial charge in [-0.05, 0) is 58.8 Å². The monoisotopic (exact) mass is 587 g/mol. The molecule has 3 aromatic heterocycles. The van der Waals surface area contributed by atoms with Crippen LogP contribution >= 0.6 is 0 Å². The van der Waals surface area contributed by atoms with Gasteiger partial charge in [0.25, 0.3) is 0 Å². The molecule has 40 heavy (non-hydrogen) atoms. The minimum atomic E-state index is -0.121. The normalized spacial score (nSPS) is 20.4. The van der Waals surface area contributed by atoms with Gasteiger partial charge in [0, 0.05) is 61.4 Å². The summed E-state index contributed by atoms with van der Waals surface area (Å²) < 4.78 is 110. The van der Waals surface area contributed by atoms with E-state index in [1.807, 2.05) is 35.8 Å². The maximum atomic E-state index is 12.5. The summed E-state index contributed by atoms with van der Waals surface area (Å²) in [5.41, 5.74) is 5.45. The molecule has 2 aliphatic rings. The van der Waals surface area contributed by atoms with E-state index in [-0.39, 0.29) is 13.4 Å². The van der Waals surface area contributed by atoms with E-state index in [1.54, 1.807) is 0 Å². The number of para-hydroxylation sites is 2. The second-order valence-electron chi connectivity index (χ2n) is 10.7. The number of morpholine rings is 1. The van der Waals surface area contributed by atoms with Crippen molar-refractivity contribution in [3.63, 3.8) is 0 Å². The number of hydrogen-bond donors (Lipinski definition) is 2. The van der Waals surface area contributed by atoms with Crippen LogP contribution in [0.3, 0.4) is 0 Å². The predicted molar refractivity (Wildman–Crippen MR) is 178 cm³/mol. The zero-order valence-corrected chi connectivity index (χ0v) is 23.6. The van der Waals surface area contributed by atoms with Crippen LogP contribution in [0.1, 0.15) is 81.7 Å². The second kappa shape index (κ2) is 11.0. The molecule has 0 bridgehead atoms.